The van der Waals surface area contributed by atoms with Crippen LogP contribution in [0.1, 0.15) is 13.3 Å². The third-order valence-electron chi connectivity index (χ3n) is 3.78. The van der Waals surface area contributed by atoms with Crippen LogP contribution in [-0.2, 0) is 4.79 Å². The van der Waals surface area contributed by atoms with Gasteiger partial charge in [0.2, 0.25) is 5.91 Å². The molecule has 1 fully saturated rings. The second-order valence-corrected chi connectivity index (χ2v) is 5.90. The summed E-state index contributed by atoms with van der Waals surface area (Å²) in [5, 5.41) is 4.30. The van der Waals surface area contributed by atoms with Crippen molar-refractivity contribution in [2.45, 2.75) is 13.3 Å². The zero-order valence-electron chi connectivity index (χ0n) is 12.2. The minimum absolute atomic E-state index is 0.182. The summed E-state index contributed by atoms with van der Waals surface area (Å²) in [6.07, 6.45) is 0.452. The fourth-order valence-electron chi connectivity index (χ4n) is 2.43. The van der Waals surface area contributed by atoms with Crippen LogP contribution in [0.3, 0.4) is 0 Å². The van der Waals surface area contributed by atoms with Crippen LogP contribution in [0, 0.1) is 0 Å². The monoisotopic (exact) mass is 329 g/mol. The van der Waals surface area contributed by atoms with E-state index in [0.717, 1.165) is 32.7 Å². The quantitative estimate of drug-likeness (QED) is 0.902. The number of amides is 1. The number of anilines is 1. The summed E-state index contributed by atoms with van der Waals surface area (Å²) < 4.78 is 0. The normalized spacial score (nSPS) is 16.0. The van der Waals surface area contributed by atoms with Crippen LogP contribution in [0.5, 0.6) is 0 Å². The Hall–Kier alpha value is -0.970. The highest BCUT2D eigenvalue weighted by atomic mass is 35.5. The zero-order chi connectivity index (χ0) is 15.2. The van der Waals surface area contributed by atoms with Crippen molar-refractivity contribution in [2.24, 2.45) is 0 Å². The minimum Gasteiger partial charge on any atom is -0.382 e. The fourth-order valence-corrected chi connectivity index (χ4v) is 2.96. The number of carbonyl (C=O) groups is 1. The molecule has 116 valence electrons. The van der Waals surface area contributed by atoms with Crippen LogP contribution < -0.4 is 5.32 Å². The van der Waals surface area contributed by atoms with Crippen LogP contribution >= 0.6 is 23.2 Å². The van der Waals surface area contributed by atoms with E-state index in [1.165, 1.54) is 0 Å². The maximum absolute atomic E-state index is 12.2. The van der Waals surface area contributed by atoms with Crippen molar-refractivity contribution in [2.75, 3.05) is 44.6 Å². The SMILES string of the molecule is CCN1CCN(C(=O)CCNc2c(Cl)cccc2Cl)CC1. The number of rotatable bonds is 5. The van der Waals surface area contributed by atoms with Crippen molar-refractivity contribution in [3.8, 4) is 0 Å². The zero-order valence-corrected chi connectivity index (χ0v) is 13.8. The summed E-state index contributed by atoms with van der Waals surface area (Å²) in [5.74, 6) is 0.182. The first kappa shape index (κ1) is 16.4. The van der Waals surface area contributed by atoms with Gasteiger partial charge in [-0.2, -0.15) is 0 Å². The molecule has 1 aromatic carbocycles. The highest BCUT2D eigenvalue weighted by Gasteiger charge is 2.19. The Morgan fingerprint density at radius 3 is 2.38 bits per heavy atom. The molecular weight excluding hydrogens is 309 g/mol. The number of halogens is 2. The molecule has 0 radical (unpaired) electrons. The number of nitrogens with zero attached hydrogens (tertiary/aromatic N) is 2. The van der Waals surface area contributed by atoms with Crippen molar-refractivity contribution in [3.05, 3.63) is 28.2 Å². The molecule has 0 atom stereocenters. The Labute approximate surface area is 136 Å². The van der Waals surface area contributed by atoms with E-state index in [1.807, 2.05) is 4.90 Å². The molecule has 0 bridgehead atoms. The summed E-state index contributed by atoms with van der Waals surface area (Å²) in [4.78, 5) is 16.4. The summed E-state index contributed by atoms with van der Waals surface area (Å²) in [6.45, 7) is 7.30. The first-order chi connectivity index (χ1) is 10.1. The molecule has 1 aromatic rings. The smallest absolute Gasteiger partial charge is 0.224 e. The van der Waals surface area contributed by atoms with Crippen LogP contribution in [0.2, 0.25) is 10.0 Å². The minimum atomic E-state index is 0.182. The Kier molecular flexibility index (Phi) is 6.15. The van der Waals surface area contributed by atoms with Gasteiger partial charge < -0.3 is 15.1 Å². The molecule has 1 aliphatic heterocycles. The predicted molar refractivity (Wildman–Crippen MR) is 88.3 cm³/mol. The van der Waals surface area contributed by atoms with E-state index in [9.17, 15) is 4.79 Å². The van der Waals surface area contributed by atoms with Gasteiger partial charge in [-0.15, -0.1) is 0 Å². The molecule has 1 amide bonds. The molecular formula is C15H21Cl2N3O. The average Bonchev–Trinajstić information content (AvgIpc) is 2.50. The molecule has 6 heteroatoms. The highest BCUT2D eigenvalue weighted by Crippen LogP contribution is 2.29. The summed E-state index contributed by atoms with van der Waals surface area (Å²) in [6, 6.07) is 5.36. The Morgan fingerprint density at radius 2 is 1.81 bits per heavy atom. The van der Waals surface area contributed by atoms with Gasteiger partial charge in [-0.25, -0.2) is 0 Å². The number of piperazine rings is 1. The topological polar surface area (TPSA) is 35.6 Å². The first-order valence-electron chi connectivity index (χ1n) is 7.30. The maximum atomic E-state index is 12.2. The molecule has 0 spiro atoms. The Bertz CT molecular complexity index is 468. The Morgan fingerprint density at radius 1 is 1.19 bits per heavy atom. The fraction of sp³-hybridized carbons (Fsp3) is 0.533. The van der Waals surface area contributed by atoms with Gasteiger partial charge in [-0.3, -0.25) is 4.79 Å². The van der Waals surface area contributed by atoms with E-state index < -0.39 is 0 Å². The average molecular weight is 330 g/mol. The van der Waals surface area contributed by atoms with E-state index >= 15 is 0 Å². The van der Waals surface area contributed by atoms with Gasteiger partial charge >= 0.3 is 0 Å². The van der Waals surface area contributed by atoms with Gasteiger partial charge in [-0.1, -0.05) is 36.2 Å². The summed E-state index contributed by atoms with van der Waals surface area (Å²) in [7, 11) is 0. The predicted octanol–water partition coefficient (Wildman–Crippen LogP) is 2.96. The highest BCUT2D eigenvalue weighted by molar-refractivity contribution is 6.39. The molecule has 2 rings (SSSR count). The van der Waals surface area contributed by atoms with Crippen molar-refractivity contribution in [1.29, 1.82) is 0 Å². The molecule has 4 nitrogen and oxygen atoms in total. The van der Waals surface area contributed by atoms with Gasteiger partial charge in [0.15, 0.2) is 0 Å². The molecule has 0 unspecified atom stereocenters. The van der Waals surface area contributed by atoms with E-state index in [4.69, 9.17) is 23.2 Å². The van der Waals surface area contributed by atoms with Crippen molar-refractivity contribution in [3.63, 3.8) is 0 Å². The number of hydrogen-bond donors (Lipinski definition) is 1. The number of nitrogens with one attached hydrogen (secondary N) is 1. The van der Waals surface area contributed by atoms with Gasteiger partial charge in [-0.05, 0) is 18.7 Å². The third-order valence-corrected chi connectivity index (χ3v) is 4.41. The molecule has 1 N–H and O–H groups in total. The number of hydrogen-bond acceptors (Lipinski definition) is 3. The lowest BCUT2D eigenvalue weighted by Crippen LogP contribution is -2.48. The van der Waals surface area contributed by atoms with Crippen LogP contribution in [-0.4, -0.2) is 55.0 Å². The van der Waals surface area contributed by atoms with Crippen molar-refractivity contribution < 1.29 is 4.79 Å². The maximum Gasteiger partial charge on any atom is 0.224 e. The largest absolute Gasteiger partial charge is 0.382 e. The molecule has 1 saturated heterocycles. The Balaban J connectivity index is 1.77. The first-order valence-corrected chi connectivity index (χ1v) is 8.05. The number of likely N-dealkylation sites (N-methyl/N-ethyl adjacent to an activating group) is 1. The molecule has 21 heavy (non-hydrogen) atoms. The van der Waals surface area contributed by atoms with Gasteiger partial charge in [0.05, 0.1) is 15.7 Å². The van der Waals surface area contributed by atoms with Gasteiger partial charge in [0.1, 0.15) is 0 Å². The van der Waals surface area contributed by atoms with Gasteiger partial charge in [0.25, 0.3) is 0 Å². The number of para-hydroxylation sites is 1. The van der Waals surface area contributed by atoms with Crippen molar-refractivity contribution >= 4 is 34.8 Å². The van der Waals surface area contributed by atoms with Crippen molar-refractivity contribution in [1.82, 2.24) is 9.80 Å². The number of carbonyl (C=O) groups excluding carboxylic acids is 1. The lowest BCUT2D eigenvalue weighted by Gasteiger charge is -2.34. The van der Waals surface area contributed by atoms with E-state index in [1.54, 1.807) is 18.2 Å². The second-order valence-electron chi connectivity index (χ2n) is 5.09. The second kappa shape index (κ2) is 7.87. The lowest BCUT2D eigenvalue weighted by molar-refractivity contribution is -0.132. The molecule has 0 aliphatic carbocycles. The van der Waals surface area contributed by atoms with Gasteiger partial charge in [0, 0.05) is 39.1 Å². The molecule has 1 aliphatic rings. The van der Waals surface area contributed by atoms with E-state index in [0.29, 0.717) is 28.7 Å². The van der Waals surface area contributed by atoms with E-state index in [-0.39, 0.29) is 5.91 Å². The van der Waals surface area contributed by atoms with E-state index in [2.05, 4.69) is 17.1 Å². The molecule has 1 heterocycles. The van der Waals surface area contributed by atoms with Crippen LogP contribution in [0.4, 0.5) is 5.69 Å². The third kappa shape index (κ3) is 4.50. The molecule has 0 aromatic heterocycles. The number of benzene rings is 1. The van der Waals surface area contributed by atoms with Crippen LogP contribution in [0.25, 0.3) is 0 Å². The molecule has 0 saturated carbocycles. The van der Waals surface area contributed by atoms with Crippen LogP contribution in [0.15, 0.2) is 18.2 Å². The summed E-state index contributed by atoms with van der Waals surface area (Å²) in [5.41, 5.74) is 0.699. The standard InChI is InChI=1S/C15H21Cl2N3O/c1-2-19-8-10-20(11-9-19)14(21)6-7-18-15-12(16)4-3-5-13(15)17/h3-5,18H,2,6-11H2,1H3. The lowest BCUT2D eigenvalue weighted by atomic mass is 10.2. The summed E-state index contributed by atoms with van der Waals surface area (Å²) >= 11 is 12.2.